The van der Waals surface area contributed by atoms with E-state index < -0.39 is 0 Å². The fourth-order valence-electron chi connectivity index (χ4n) is 1.22. The van der Waals surface area contributed by atoms with Gasteiger partial charge in [-0.2, -0.15) is 0 Å². The van der Waals surface area contributed by atoms with E-state index in [0.29, 0.717) is 5.76 Å². The van der Waals surface area contributed by atoms with E-state index in [0.717, 1.165) is 24.0 Å². The quantitative estimate of drug-likeness (QED) is 0.584. The molecule has 0 radical (unpaired) electrons. The molecule has 2 nitrogen and oxygen atoms in total. The molecule has 0 aromatic heterocycles. The lowest BCUT2D eigenvalue weighted by molar-refractivity contribution is -0.106. The summed E-state index contributed by atoms with van der Waals surface area (Å²) in [6.07, 6.45) is 3.30. The number of carbonyl (C=O) groups is 1. The van der Waals surface area contributed by atoms with E-state index in [-0.39, 0.29) is 0 Å². The molecule has 0 saturated carbocycles. The molecule has 2 heteroatoms. The highest BCUT2D eigenvalue weighted by Gasteiger charge is 2.09. The third-order valence-corrected chi connectivity index (χ3v) is 1.84. The molecular formula is C10H8O2. The molecule has 12 heavy (non-hydrogen) atoms. The summed E-state index contributed by atoms with van der Waals surface area (Å²) in [6.45, 7) is 0. The van der Waals surface area contributed by atoms with E-state index >= 15 is 0 Å². The SMILES string of the molecule is O=CC1=CCc2ccccc2O1. The van der Waals surface area contributed by atoms with Gasteiger partial charge >= 0.3 is 0 Å². The Hall–Kier alpha value is -1.57. The zero-order valence-corrected chi connectivity index (χ0v) is 6.49. The Balaban J connectivity index is 2.36. The molecule has 0 N–H and O–H groups in total. The molecule has 0 aliphatic carbocycles. The Labute approximate surface area is 70.5 Å². The fourth-order valence-corrected chi connectivity index (χ4v) is 1.22. The molecule has 1 aromatic carbocycles. The second-order valence-corrected chi connectivity index (χ2v) is 2.64. The summed E-state index contributed by atoms with van der Waals surface area (Å²) in [7, 11) is 0. The van der Waals surface area contributed by atoms with Gasteiger partial charge in [0.25, 0.3) is 0 Å². The normalized spacial score (nSPS) is 14.2. The van der Waals surface area contributed by atoms with Crippen LogP contribution in [0.2, 0.25) is 0 Å². The van der Waals surface area contributed by atoms with Crippen LogP contribution < -0.4 is 4.74 Å². The predicted molar refractivity (Wildman–Crippen MR) is 44.9 cm³/mol. The van der Waals surface area contributed by atoms with E-state index in [1.54, 1.807) is 6.08 Å². The van der Waals surface area contributed by atoms with Crippen LogP contribution >= 0.6 is 0 Å². The van der Waals surface area contributed by atoms with Crippen molar-refractivity contribution in [3.63, 3.8) is 0 Å². The lowest BCUT2D eigenvalue weighted by Crippen LogP contribution is -2.04. The largest absolute Gasteiger partial charge is 0.454 e. The third kappa shape index (κ3) is 1.11. The Morgan fingerprint density at radius 2 is 2.17 bits per heavy atom. The Bertz CT molecular complexity index is 339. The number of rotatable bonds is 1. The molecule has 2 rings (SSSR count). The minimum absolute atomic E-state index is 0.411. The number of hydrogen-bond acceptors (Lipinski definition) is 2. The van der Waals surface area contributed by atoms with Crippen LogP contribution in [0.25, 0.3) is 0 Å². The lowest BCUT2D eigenvalue weighted by Gasteiger charge is -2.13. The summed E-state index contributed by atoms with van der Waals surface area (Å²) >= 11 is 0. The van der Waals surface area contributed by atoms with E-state index in [1.165, 1.54) is 0 Å². The number of carbonyl (C=O) groups excluding carboxylic acids is 1. The van der Waals surface area contributed by atoms with Crippen LogP contribution in [0.3, 0.4) is 0 Å². The van der Waals surface area contributed by atoms with Crippen LogP contribution in [0.4, 0.5) is 0 Å². The number of fused-ring (bicyclic) bond motifs is 1. The maximum absolute atomic E-state index is 10.4. The highest BCUT2D eigenvalue weighted by atomic mass is 16.5. The van der Waals surface area contributed by atoms with Crippen LogP contribution in [0.15, 0.2) is 36.1 Å². The second kappa shape index (κ2) is 2.81. The van der Waals surface area contributed by atoms with Crippen LogP contribution in [-0.4, -0.2) is 6.29 Å². The van der Waals surface area contributed by atoms with Gasteiger partial charge in [-0.15, -0.1) is 0 Å². The standard InChI is InChI=1S/C10H8O2/c11-7-9-6-5-8-3-1-2-4-10(8)12-9/h1-4,6-7H,5H2. The number of aldehydes is 1. The summed E-state index contributed by atoms with van der Waals surface area (Å²) in [5.74, 6) is 1.20. The van der Waals surface area contributed by atoms with Crippen LogP contribution in [0.5, 0.6) is 5.75 Å². The summed E-state index contributed by atoms with van der Waals surface area (Å²) in [5, 5.41) is 0. The molecule has 0 spiro atoms. The maximum Gasteiger partial charge on any atom is 0.185 e. The molecule has 1 aromatic rings. The molecule has 60 valence electrons. The van der Waals surface area contributed by atoms with Crippen LogP contribution in [0, 0.1) is 0 Å². The van der Waals surface area contributed by atoms with Gasteiger partial charge in [0.2, 0.25) is 0 Å². The molecule has 0 amide bonds. The fraction of sp³-hybridized carbons (Fsp3) is 0.100. The summed E-state index contributed by atoms with van der Waals surface area (Å²) in [5.41, 5.74) is 1.13. The van der Waals surface area contributed by atoms with Gasteiger partial charge in [-0.1, -0.05) is 18.2 Å². The number of ether oxygens (including phenoxy) is 1. The zero-order valence-electron chi connectivity index (χ0n) is 6.49. The first kappa shape index (κ1) is 7.10. The van der Waals surface area contributed by atoms with Crippen molar-refractivity contribution in [3.8, 4) is 5.75 Å². The molecule has 0 fully saturated rings. The molecule has 0 unspecified atom stereocenters. The lowest BCUT2D eigenvalue weighted by atomic mass is 10.1. The minimum Gasteiger partial charge on any atom is -0.454 e. The smallest absolute Gasteiger partial charge is 0.185 e. The Morgan fingerprint density at radius 1 is 1.33 bits per heavy atom. The molecule has 0 saturated heterocycles. The molecule has 0 bridgehead atoms. The number of benzene rings is 1. The first-order valence-corrected chi connectivity index (χ1v) is 3.81. The topological polar surface area (TPSA) is 26.3 Å². The first-order chi connectivity index (χ1) is 5.90. The Morgan fingerprint density at radius 3 is 3.00 bits per heavy atom. The molecule has 1 heterocycles. The Kier molecular flexibility index (Phi) is 1.67. The van der Waals surface area contributed by atoms with Gasteiger partial charge in [-0.3, -0.25) is 4.79 Å². The van der Waals surface area contributed by atoms with E-state index in [4.69, 9.17) is 4.74 Å². The molecule has 1 aliphatic heterocycles. The van der Waals surface area contributed by atoms with Crippen LogP contribution in [0.1, 0.15) is 5.56 Å². The van der Waals surface area contributed by atoms with Crippen molar-refractivity contribution >= 4 is 6.29 Å². The van der Waals surface area contributed by atoms with E-state index in [9.17, 15) is 4.79 Å². The average Bonchev–Trinajstić information content (AvgIpc) is 2.17. The number of para-hydroxylation sites is 1. The van der Waals surface area contributed by atoms with Crippen molar-refractivity contribution in [2.24, 2.45) is 0 Å². The highest BCUT2D eigenvalue weighted by Crippen LogP contribution is 2.24. The van der Waals surface area contributed by atoms with Gasteiger partial charge < -0.3 is 4.74 Å². The highest BCUT2D eigenvalue weighted by molar-refractivity contribution is 5.72. The monoisotopic (exact) mass is 160 g/mol. The van der Waals surface area contributed by atoms with Gasteiger partial charge in [0.15, 0.2) is 12.0 Å². The van der Waals surface area contributed by atoms with Crippen molar-refractivity contribution in [1.29, 1.82) is 0 Å². The minimum atomic E-state index is 0.411. The van der Waals surface area contributed by atoms with Crippen molar-refractivity contribution in [2.45, 2.75) is 6.42 Å². The zero-order chi connectivity index (χ0) is 8.39. The van der Waals surface area contributed by atoms with Gasteiger partial charge in [0.05, 0.1) is 0 Å². The number of hydrogen-bond donors (Lipinski definition) is 0. The van der Waals surface area contributed by atoms with Crippen molar-refractivity contribution in [1.82, 2.24) is 0 Å². The molecular weight excluding hydrogens is 152 g/mol. The predicted octanol–water partition coefficient (Wildman–Crippen LogP) is 1.70. The van der Waals surface area contributed by atoms with Crippen LogP contribution in [-0.2, 0) is 11.2 Å². The van der Waals surface area contributed by atoms with E-state index in [2.05, 4.69) is 0 Å². The van der Waals surface area contributed by atoms with E-state index in [1.807, 2.05) is 24.3 Å². The maximum atomic E-state index is 10.4. The summed E-state index contributed by atoms with van der Waals surface area (Å²) in [6, 6.07) is 7.72. The molecule has 0 atom stereocenters. The van der Waals surface area contributed by atoms with Gasteiger partial charge in [-0.25, -0.2) is 0 Å². The average molecular weight is 160 g/mol. The van der Waals surface area contributed by atoms with Gasteiger partial charge in [0.1, 0.15) is 5.75 Å². The van der Waals surface area contributed by atoms with Crippen molar-refractivity contribution in [3.05, 3.63) is 41.7 Å². The summed E-state index contributed by atoms with van der Waals surface area (Å²) in [4.78, 5) is 10.4. The molecule has 1 aliphatic rings. The first-order valence-electron chi connectivity index (χ1n) is 3.81. The van der Waals surface area contributed by atoms with Crippen molar-refractivity contribution < 1.29 is 9.53 Å². The van der Waals surface area contributed by atoms with Crippen molar-refractivity contribution in [2.75, 3.05) is 0 Å². The third-order valence-electron chi connectivity index (χ3n) is 1.84. The number of allylic oxidation sites excluding steroid dienone is 2. The van der Waals surface area contributed by atoms with Gasteiger partial charge in [0, 0.05) is 0 Å². The van der Waals surface area contributed by atoms with Gasteiger partial charge in [-0.05, 0) is 24.1 Å². The second-order valence-electron chi connectivity index (χ2n) is 2.64. The summed E-state index contributed by atoms with van der Waals surface area (Å²) < 4.78 is 5.27.